The summed E-state index contributed by atoms with van der Waals surface area (Å²) in [5, 5.41) is 8.98. The molecule has 2 rings (SSSR count). The Morgan fingerprint density at radius 3 is 1.68 bits per heavy atom. The van der Waals surface area contributed by atoms with E-state index in [1.807, 2.05) is 0 Å². The summed E-state index contributed by atoms with van der Waals surface area (Å²) in [7, 11) is 1.07. The second-order valence-corrected chi connectivity index (χ2v) is 6.42. The van der Waals surface area contributed by atoms with E-state index in [9.17, 15) is 19.2 Å². The fourth-order valence-electron chi connectivity index (χ4n) is 2.66. The number of ether oxygens (including phenoxy) is 3. The van der Waals surface area contributed by atoms with Gasteiger partial charge in [-0.05, 0) is 17.5 Å². The number of esters is 1. The summed E-state index contributed by atoms with van der Waals surface area (Å²) in [5.41, 5.74) is 1.32. The van der Waals surface area contributed by atoms with Crippen molar-refractivity contribution in [1.29, 1.82) is 0 Å². The second-order valence-electron chi connectivity index (χ2n) is 6.42. The Morgan fingerprint density at radius 2 is 1.29 bits per heavy atom. The molecule has 1 N–H and O–H groups in total. The number of benzene rings is 2. The summed E-state index contributed by atoms with van der Waals surface area (Å²) in [4.78, 5) is 49.2. The summed E-state index contributed by atoms with van der Waals surface area (Å²) >= 11 is 0. The van der Waals surface area contributed by atoms with Crippen LogP contribution in [0.4, 0.5) is 9.59 Å². The lowest BCUT2D eigenvalue weighted by atomic mass is 10.1. The zero-order chi connectivity index (χ0) is 22.6. The quantitative estimate of drug-likeness (QED) is 0.476. The molecule has 1 atom stereocenters. The van der Waals surface area contributed by atoms with Crippen LogP contribution in [0.1, 0.15) is 24.0 Å². The maximum atomic E-state index is 12.7. The number of carboxylic acids is 1. The third-order valence-electron chi connectivity index (χ3n) is 4.22. The van der Waals surface area contributed by atoms with Crippen LogP contribution in [0.2, 0.25) is 0 Å². The van der Waals surface area contributed by atoms with Crippen LogP contribution in [0.5, 0.6) is 0 Å². The molecule has 0 unspecified atom stereocenters. The van der Waals surface area contributed by atoms with E-state index in [2.05, 4.69) is 4.74 Å². The van der Waals surface area contributed by atoms with Gasteiger partial charge in [0, 0.05) is 6.42 Å². The van der Waals surface area contributed by atoms with Gasteiger partial charge < -0.3 is 19.3 Å². The van der Waals surface area contributed by atoms with Gasteiger partial charge in [0.25, 0.3) is 0 Å². The van der Waals surface area contributed by atoms with Crippen molar-refractivity contribution in [2.75, 3.05) is 7.11 Å². The van der Waals surface area contributed by atoms with E-state index < -0.39 is 36.6 Å². The lowest BCUT2D eigenvalue weighted by Gasteiger charge is -2.26. The molecule has 0 bridgehead atoms. The minimum atomic E-state index is -1.52. The first-order valence-electron chi connectivity index (χ1n) is 9.42. The van der Waals surface area contributed by atoms with Crippen LogP contribution in [0.3, 0.4) is 0 Å². The standard InChI is InChI=1S/C22H23NO8/c1-29-20(26)18(12-13-19(24)25)23(21(27)30-14-16-8-4-2-5-9-16)22(28)31-15-17-10-6-3-7-11-17/h2-11,18H,12-15H2,1H3,(H,24,25)/t18-/m1/s1. The molecule has 9 nitrogen and oxygen atoms in total. The van der Waals surface area contributed by atoms with Gasteiger partial charge in [-0.3, -0.25) is 4.79 Å². The molecule has 9 heteroatoms. The number of amides is 2. The highest BCUT2D eigenvalue weighted by Gasteiger charge is 2.38. The van der Waals surface area contributed by atoms with Crippen LogP contribution in [-0.2, 0) is 37.0 Å². The smallest absolute Gasteiger partial charge is 0.420 e. The summed E-state index contributed by atoms with van der Waals surface area (Å²) in [5.74, 6) is -2.17. The largest absolute Gasteiger partial charge is 0.481 e. The van der Waals surface area contributed by atoms with E-state index >= 15 is 0 Å². The second kappa shape index (κ2) is 12.0. The average Bonchev–Trinajstić information content (AvgIpc) is 2.79. The van der Waals surface area contributed by atoms with Crippen molar-refractivity contribution in [3.63, 3.8) is 0 Å². The van der Waals surface area contributed by atoms with Crippen LogP contribution in [0.25, 0.3) is 0 Å². The molecular formula is C22H23NO8. The maximum Gasteiger partial charge on any atom is 0.420 e. The van der Waals surface area contributed by atoms with E-state index in [4.69, 9.17) is 14.6 Å². The molecule has 31 heavy (non-hydrogen) atoms. The minimum absolute atomic E-state index is 0.158. The van der Waals surface area contributed by atoms with Gasteiger partial charge in [0.1, 0.15) is 19.3 Å². The molecule has 0 aliphatic carbocycles. The number of nitrogens with zero attached hydrogens (tertiary/aromatic N) is 1. The summed E-state index contributed by atoms with van der Waals surface area (Å²) in [6, 6.07) is 15.9. The molecule has 2 amide bonds. The molecule has 2 aromatic carbocycles. The van der Waals surface area contributed by atoms with Crippen LogP contribution < -0.4 is 0 Å². The van der Waals surface area contributed by atoms with Crippen molar-refractivity contribution >= 4 is 24.1 Å². The predicted molar refractivity (Wildman–Crippen MR) is 108 cm³/mol. The monoisotopic (exact) mass is 429 g/mol. The normalized spacial score (nSPS) is 11.1. The number of hydrogen-bond donors (Lipinski definition) is 1. The van der Waals surface area contributed by atoms with Gasteiger partial charge in [-0.2, -0.15) is 4.90 Å². The molecule has 0 aromatic heterocycles. The fraction of sp³-hybridized carbons (Fsp3) is 0.273. The maximum absolute atomic E-state index is 12.7. The molecule has 0 aliphatic rings. The van der Waals surface area contributed by atoms with E-state index in [0.29, 0.717) is 16.0 Å². The lowest BCUT2D eigenvalue weighted by Crippen LogP contribution is -2.49. The van der Waals surface area contributed by atoms with Crippen molar-refractivity contribution in [3.8, 4) is 0 Å². The molecule has 0 fully saturated rings. The molecule has 0 spiro atoms. The Bertz CT molecular complexity index is 829. The van der Waals surface area contributed by atoms with Gasteiger partial charge in [0.2, 0.25) is 0 Å². The van der Waals surface area contributed by atoms with E-state index in [0.717, 1.165) is 7.11 Å². The van der Waals surface area contributed by atoms with Crippen LogP contribution in [0.15, 0.2) is 60.7 Å². The SMILES string of the molecule is COC(=O)[C@@H](CCC(=O)O)N(C(=O)OCc1ccccc1)C(=O)OCc1ccccc1. The summed E-state index contributed by atoms with van der Waals surface area (Å²) in [6.07, 6.45) is -3.14. The van der Waals surface area contributed by atoms with E-state index in [1.54, 1.807) is 60.7 Å². The first-order valence-corrected chi connectivity index (χ1v) is 9.42. The first-order chi connectivity index (χ1) is 14.9. The van der Waals surface area contributed by atoms with E-state index in [1.165, 1.54) is 0 Å². The van der Waals surface area contributed by atoms with Gasteiger partial charge in [-0.25, -0.2) is 14.4 Å². The molecule has 2 aromatic rings. The molecule has 0 heterocycles. The third kappa shape index (κ3) is 7.46. The number of rotatable bonds is 9. The average molecular weight is 429 g/mol. The molecule has 164 valence electrons. The zero-order valence-corrected chi connectivity index (χ0v) is 16.9. The van der Waals surface area contributed by atoms with Crippen LogP contribution in [-0.4, -0.2) is 47.3 Å². The molecule has 0 saturated heterocycles. The fourth-order valence-corrected chi connectivity index (χ4v) is 2.66. The van der Waals surface area contributed by atoms with Crippen molar-refractivity contribution in [2.24, 2.45) is 0 Å². The molecule has 0 radical (unpaired) electrons. The first kappa shape index (κ1) is 23.4. The highest BCUT2D eigenvalue weighted by Crippen LogP contribution is 2.16. The minimum Gasteiger partial charge on any atom is -0.481 e. The number of imide groups is 1. The highest BCUT2D eigenvalue weighted by atomic mass is 16.6. The van der Waals surface area contributed by atoms with Gasteiger partial charge in [-0.1, -0.05) is 60.7 Å². The number of aliphatic carboxylic acids is 1. The molecular weight excluding hydrogens is 406 g/mol. The Kier molecular flexibility index (Phi) is 9.03. The van der Waals surface area contributed by atoms with Crippen molar-refractivity contribution < 1.29 is 38.5 Å². The Labute approximate surface area is 179 Å². The third-order valence-corrected chi connectivity index (χ3v) is 4.22. The Balaban J connectivity index is 2.20. The summed E-state index contributed by atoms with van der Waals surface area (Å²) < 4.78 is 15.0. The van der Waals surface area contributed by atoms with Crippen molar-refractivity contribution in [3.05, 3.63) is 71.8 Å². The van der Waals surface area contributed by atoms with Crippen molar-refractivity contribution in [2.45, 2.75) is 32.1 Å². The van der Waals surface area contributed by atoms with Crippen molar-refractivity contribution in [1.82, 2.24) is 4.90 Å². The lowest BCUT2D eigenvalue weighted by molar-refractivity contribution is -0.147. The van der Waals surface area contributed by atoms with Crippen LogP contribution in [0, 0.1) is 0 Å². The van der Waals surface area contributed by atoms with Gasteiger partial charge in [0.15, 0.2) is 0 Å². The number of hydrogen-bond acceptors (Lipinski definition) is 7. The highest BCUT2D eigenvalue weighted by molar-refractivity contribution is 5.94. The van der Waals surface area contributed by atoms with E-state index in [-0.39, 0.29) is 19.6 Å². The Hall–Kier alpha value is -3.88. The zero-order valence-electron chi connectivity index (χ0n) is 16.9. The predicted octanol–water partition coefficient (Wildman–Crippen LogP) is 3.37. The summed E-state index contributed by atoms with van der Waals surface area (Å²) in [6.45, 7) is -0.316. The van der Waals surface area contributed by atoms with Gasteiger partial charge in [-0.15, -0.1) is 0 Å². The van der Waals surface area contributed by atoms with Gasteiger partial charge in [0.05, 0.1) is 7.11 Å². The number of carbonyl (C=O) groups is 4. The Morgan fingerprint density at radius 1 is 0.839 bits per heavy atom. The molecule has 0 aliphatic heterocycles. The number of methoxy groups -OCH3 is 1. The number of carbonyl (C=O) groups excluding carboxylic acids is 3. The molecule has 0 saturated carbocycles. The van der Waals surface area contributed by atoms with Crippen LogP contribution >= 0.6 is 0 Å². The van der Waals surface area contributed by atoms with Gasteiger partial charge >= 0.3 is 24.1 Å². The number of carboxylic acid groups (broad SMARTS) is 1. The topological polar surface area (TPSA) is 119 Å².